The minimum atomic E-state index is -0.761. The minimum Gasteiger partial charge on any atom is -0.462 e. The van der Waals surface area contributed by atoms with Crippen LogP contribution in [0.15, 0.2) is 0 Å². The Hall–Kier alpha value is -1.59. The molecule has 0 fully saturated rings. The summed E-state index contributed by atoms with van der Waals surface area (Å²) in [6.45, 7) is 11.4. The second-order valence-electron chi connectivity index (χ2n) is 19.6. The Kier molecular flexibility index (Phi) is 46.6. The van der Waals surface area contributed by atoms with Crippen LogP contribution in [0, 0.1) is 11.8 Å². The SMILES string of the molecule is CCCCCCCCCCCCCC(=O)OC[C@@H](COC(=O)CCCCCCCCCCCCCCCCCCCCC(C)CC)OC(=O)CCCCCCCCCC(C)C. The highest BCUT2D eigenvalue weighted by molar-refractivity contribution is 5.71. The molecule has 0 heterocycles. The molecule has 0 aromatic heterocycles. The third-order valence-corrected chi connectivity index (χ3v) is 12.8. The van der Waals surface area contributed by atoms with Crippen molar-refractivity contribution in [2.45, 2.75) is 310 Å². The van der Waals surface area contributed by atoms with E-state index in [1.165, 1.54) is 193 Å². The molecule has 0 N–H and O–H groups in total. The van der Waals surface area contributed by atoms with Gasteiger partial charge in [0, 0.05) is 19.3 Å². The zero-order valence-corrected chi connectivity index (χ0v) is 41.8. The van der Waals surface area contributed by atoms with Gasteiger partial charge < -0.3 is 14.2 Å². The molecule has 61 heavy (non-hydrogen) atoms. The van der Waals surface area contributed by atoms with E-state index in [0.29, 0.717) is 19.3 Å². The van der Waals surface area contributed by atoms with Crippen molar-refractivity contribution in [2.24, 2.45) is 11.8 Å². The summed E-state index contributed by atoms with van der Waals surface area (Å²) in [5.74, 6) is 0.838. The van der Waals surface area contributed by atoms with E-state index in [1.807, 2.05) is 0 Å². The van der Waals surface area contributed by atoms with Crippen LogP contribution in [-0.2, 0) is 28.6 Å². The maximum absolute atomic E-state index is 12.7. The zero-order valence-electron chi connectivity index (χ0n) is 41.8. The summed E-state index contributed by atoms with van der Waals surface area (Å²) in [7, 11) is 0. The molecule has 0 saturated carbocycles. The molecule has 0 aromatic rings. The predicted molar refractivity (Wildman–Crippen MR) is 261 cm³/mol. The van der Waals surface area contributed by atoms with E-state index in [-0.39, 0.29) is 31.1 Å². The molecule has 0 aliphatic carbocycles. The standard InChI is InChI=1S/C55H106O6/c1-6-8-9-10-11-12-21-25-30-35-40-45-53(56)59-48-52(61-55(58)47-42-37-32-27-28-33-38-43-50(3)4)49-60-54(57)46-41-36-31-26-23-20-18-16-14-13-15-17-19-22-24-29-34-39-44-51(5)7-2/h50-52H,6-49H2,1-5H3/t51?,52-/m0/s1. The summed E-state index contributed by atoms with van der Waals surface area (Å²) in [5.41, 5.74) is 0. The van der Waals surface area contributed by atoms with Gasteiger partial charge >= 0.3 is 17.9 Å². The smallest absolute Gasteiger partial charge is 0.306 e. The normalized spacial score (nSPS) is 12.5. The molecule has 2 atom stereocenters. The molecule has 0 radical (unpaired) electrons. The lowest BCUT2D eigenvalue weighted by molar-refractivity contribution is -0.167. The van der Waals surface area contributed by atoms with E-state index in [9.17, 15) is 14.4 Å². The van der Waals surface area contributed by atoms with Gasteiger partial charge in [0.1, 0.15) is 13.2 Å². The van der Waals surface area contributed by atoms with E-state index in [0.717, 1.165) is 69.6 Å². The van der Waals surface area contributed by atoms with Gasteiger partial charge in [0.15, 0.2) is 6.10 Å². The van der Waals surface area contributed by atoms with Gasteiger partial charge in [-0.2, -0.15) is 0 Å². The third-order valence-electron chi connectivity index (χ3n) is 12.8. The Morgan fingerprint density at radius 2 is 0.623 bits per heavy atom. The summed E-state index contributed by atoms with van der Waals surface area (Å²) < 4.78 is 16.8. The number of hydrogen-bond donors (Lipinski definition) is 0. The molecule has 0 aromatic carbocycles. The molecular weight excluding hydrogens is 757 g/mol. The molecule has 6 nitrogen and oxygen atoms in total. The highest BCUT2D eigenvalue weighted by Crippen LogP contribution is 2.18. The second-order valence-corrected chi connectivity index (χ2v) is 19.6. The fourth-order valence-corrected chi connectivity index (χ4v) is 8.31. The van der Waals surface area contributed by atoms with E-state index < -0.39 is 6.10 Å². The first-order chi connectivity index (χ1) is 29.8. The quantitative estimate of drug-likeness (QED) is 0.0344. The second kappa shape index (κ2) is 47.9. The summed E-state index contributed by atoms with van der Waals surface area (Å²) in [6, 6.07) is 0. The van der Waals surface area contributed by atoms with Crippen LogP contribution in [0.4, 0.5) is 0 Å². The first-order valence-corrected chi connectivity index (χ1v) is 27.3. The monoisotopic (exact) mass is 863 g/mol. The molecule has 0 saturated heterocycles. The number of esters is 3. The number of carbonyl (C=O) groups excluding carboxylic acids is 3. The molecule has 0 aliphatic rings. The average Bonchev–Trinajstić information content (AvgIpc) is 3.24. The van der Waals surface area contributed by atoms with Crippen molar-refractivity contribution in [3.63, 3.8) is 0 Å². The van der Waals surface area contributed by atoms with Crippen molar-refractivity contribution in [3.05, 3.63) is 0 Å². The number of unbranched alkanes of at least 4 members (excludes halogenated alkanes) is 33. The van der Waals surface area contributed by atoms with Gasteiger partial charge in [0.05, 0.1) is 0 Å². The van der Waals surface area contributed by atoms with Gasteiger partial charge in [-0.15, -0.1) is 0 Å². The van der Waals surface area contributed by atoms with Gasteiger partial charge in [-0.1, -0.05) is 266 Å². The van der Waals surface area contributed by atoms with Gasteiger partial charge in [-0.3, -0.25) is 14.4 Å². The summed E-state index contributed by atoms with van der Waals surface area (Å²) >= 11 is 0. The van der Waals surface area contributed by atoms with Crippen LogP contribution in [0.25, 0.3) is 0 Å². The first kappa shape index (κ1) is 59.4. The Morgan fingerprint density at radius 1 is 0.344 bits per heavy atom. The van der Waals surface area contributed by atoms with E-state index in [1.54, 1.807) is 0 Å². The van der Waals surface area contributed by atoms with Crippen LogP contribution in [0.1, 0.15) is 304 Å². The summed E-state index contributed by atoms with van der Waals surface area (Å²) in [4.78, 5) is 37.9. The maximum atomic E-state index is 12.7. The molecule has 0 bridgehead atoms. The van der Waals surface area contributed by atoms with Crippen molar-refractivity contribution in [1.29, 1.82) is 0 Å². The average molecular weight is 863 g/mol. The van der Waals surface area contributed by atoms with Gasteiger partial charge in [0.25, 0.3) is 0 Å². The number of ether oxygens (including phenoxy) is 3. The molecule has 0 aliphatic heterocycles. The van der Waals surface area contributed by atoms with Gasteiger partial charge in [0.2, 0.25) is 0 Å². The molecule has 0 spiro atoms. The number of hydrogen-bond acceptors (Lipinski definition) is 6. The molecule has 0 amide bonds. The van der Waals surface area contributed by atoms with Crippen molar-refractivity contribution in [2.75, 3.05) is 13.2 Å². The Labute approximate surface area is 380 Å². The van der Waals surface area contributed by atoms with Gasteiger partial charge in [-0.05, 0) is 31.1 Å². The maximum Gasteiger partial charge on any atom is 0.306 e. The van der Waals surface area contributed by atoms with Crippen LogP contribution >= 0.6 is 0 Å². The van der Waals surface area contributed by atoms with Crippen LogP contribution in [0.2, 0.25) is 0 Å². The first-order valence-electron chi connectivity index (χ1n) is 27.3. The van der Waals surface area contributed by atoms with Crippen molar-refractivity contribution < 1.29 is 28.6 Å². The fraction of sp³-hybridized carbons (Fsp3) is 0.945. The van der Waals surface area contributed by atoms with Gasteiger partial charge in [-0.25, -0.2) is 0 Å². The molecular formula is C55H106O6. The van der Waals surface area contributed by atoms with Crippen LogP contribution < -0.4 is 0 Å². The largest absolute Gasteiger partial charge is 0.462 e. The van der Waals surface area contributed by atoms with Crippen LogP contribution in [0.3, 0.4) is 0 Å². The Bertz CT molecular complexity index is 933. The Balaban J connectivity index is 4.16. The molecule has 362 valence electrons. The molecule has 0 rings (SSSR count). The lowest BCUT2D eigenvalue weighted by atomic mass is 9.99. The van der Waals surface area contributed by atoms with E-state index in [4.69, 9.17) is 14.2 Å². The summed E-state index contributed by atoms with van der Waals surface area (Å²) in [5, 5.41) is 0. The Morgan fingerprint density at radius 3 is 0.934 bits per heavy atom. The zero-order chi connectivity index (χ0) is 44.7. The number of carbonyl (C=O) groups is 3. The van der Waals surface area contributed by atoms with E-state index in [2.05, 4.69) is 34.6 Å². The van der Waals surface area contributed by atoms with Crippen LogP contribution in [0.5, 0.6) is 0 Å². The van der Waals surface area contributed by atoms with Crippen LogP contribution in [-0.4, -0.2) is 37.2 Å². The lowest BCUT2D eigenvalue weighted by Gasteiger charge is -2.18. The minimum absolute atomic E-state index is 0.0641. The topological polar surface area (TPSA) is 78.9 Å². The van der Waals surface area contributed by atoms with Crippen molar-refractivity contribution in [1.82, 2.24) is 0 Å². The van der Waals surface area contributed by atoms with E-state index >= 15 is 0 Å². The molecule has 1 unspecified atom stereocenters. The highest BCUT2D eigenvalue weighted by atomic mass is 16.6. The lowest BCUT2D eigenvalue weighted by Crippen LogP contribution is -2.30. The highest BCUT2D eigenvalue weighted by Gasteiger charge is 2.19. The fourth-order valence-electron chi connectivity index (χ4n) is 8.31. The third kappa shape index (κ3) is 47.7. The molecule has 6 heteroatoms. The predicted octanol–water partition coefficient (Wildman–Crippen LogP) is 17.7. The van der Waals surface area contributed by atoms with Crippen molar-refractivity contribution >= 4 is 17.9 Å². The number of rotatable bonds is 49. The summed E-state index contributed by atoms with van der Waals surface area (Å²) in [6.07, 6.45) is 49.6. The van der Waals surface area contributed by atoms with Crippen molar-refractivity contribution in [3.8, 4) is 0 Å².